The maximum atomic E-state index is 15.6. The van der Waals surface area contributed by atoms with E-state index in [2.05, 4.69) is 10.2 Å². The molecule has 0 spiro atoms. The van der Waals surface area contributed by atoms with Crippen LogP contribution >= 0.6 is 0 Å². The normalized spacial score (nSPS) is 12.4. The van der Waals surface area contributed by atoms with E-state index in [0.29, 0.717) is 27.7 Å². The molecule has 2 heterocycles. The van der Waals surface area contributed by atoms with Crippen molar-refractivity contribution in [2.45, 2.75) is 45.0 Å². The fourth-order valence-corrected chi connectivity index (χ4v) is 4.33. The summed E-state index contributed by atoms with van der Waals surface area (Å²) in [6.45, 7) is 4.88. The Balaban J connectivity index is 2.23. The van der Waals surface area contributed by atoms with Crippen molar-refractivity contribution in [3.05, 3.63) is 59.2 Å². The number of aromatic amines is 1. The minimum atomic E-state index is -3.74. The highest BCUT2D eigenvalue weighted by molar-refractivity contribution is 5.99. The Hall–Kier alpha value is -3.80. The Morgan fingerprint density at radius 3 is 2.64 bits per heavy atom. The van der Waals surface area contributed by atoms with Gasteiger partial charge in [0.05, 0.1) is 28.9 Å². The first-order chi connectivity index (χ1) is 15.5. The molecule has 0 amide bonds. The third kappa shape index (κ3) is 3.71. The summed E-state index contributed by atoms with van der Waals surface area (Å²) in [5, 5.41) is 26.2. The number of halogens is 3. The number of nitrogens with zero attached hydrogens (tertiary/aromatic N) is 3. The van der Waals surface area contributed by atoms with Gasteiger partial charge in [-0.05, 0) is 42.8 Å². The Bertz CT molecular complexity index is 1440. The van der Waals surface area contributed by atoms with Gasteiger partial charge < -0.3 is 9.67 Å². The van der Waals surface area contributed by atoms with Gasteiger partial charge in [0.2, 0.25) is 0 Å². The second-order valence-electron chi connectivity index (χ2n) is 8.81. The Kier molecular flexibility index (Phi) is 5.20. The van der Waals surface area contributed by atoms with Crippen LogP contribution in [0.5, 0.6) is 0 Å². The quantitative estimate of drug-likeness (QED) is 0.390. The summed E-state index contributed by atoms with van der Waals surface area (Å²) in [7, 11) is 0. The van der Waals surface area contributed by atoms with Crippen LogP contribution in [0.2, 0.25) is 0 Å². The summed E-state index contributed by atoms with van der Waals surface area (Å²) in [4.78, 5) is 11.3. The molecule has 0 bridgehead atoms. The van der Waals surface area contributed by atoms with Crippen molar-refractivity contribution in [3.8, 4) is 11.8 Å². The molecule has 0 aliphatic heterocycles. The monoisotopic (exact) mass is 454 g/mol. The molecule has 4 rings (SSSR count). The highest BCUT2D eigenvalue weighted by Gasteiger charge is 2.44. The maximum absolute atomic E-state index is 15.6. The average Bonchev–Trinajstić information content (AvgIpc) is 3.29. The second kappa shape index (κ2) is 7.66. The zero-order valence-electron chi connectivity index (χ0n) is 18.2. The highest BCUT2D eigenvalue weighted by Crippen LogP contribution is 2.47. The second-order valence-corrected chi connectivity index (χ2v) is 8.81. The minimum absolute atomic E-state index is 0.0981. The molecule has 2 aromatic heterocycles. The van der Waals surface area contributed by atoms with E-state index in [-0.39, 0.29) is 17.5 Å². The molecule has 33 heavy (non-hydrogen) atoms. The number of fused-ring (bicyclic) bond motifs is 2. The topological polar surface area (TPSA) is 94.7 Å². The van der Waals surface area contributed by atoms with Crippen LogP contribution in [0.1, 0.15) is 43.5 Å². The molecule has 2 N–H and O–H groups in total. The molecule has 9 heteroatoms. The first kappa shape index (κ1) is 22.4. The van der Waals surface area contributed by atoms with E-state index >= 15 is 8.78 Å². The highest BCUT2D eigenvalue weighted by atomic mass is 19.3. The molecular formula is C24H21F3N4O2. The molecular weight excluding hydrogens is 433 g/mol. The molecule has 0 atom stereocenters. The molecule has 4 aromatic rings. The Morgan fingerprint density at radius 1 is 1.27 bits per heavy atom. The van der Waals surface area contributed by atoms with Gasteiger partial charge in [-0.3, -0.25) is 9.89 Å². The van der Waals surface area contributed by atoms with E-state index in [9.17, 15) is 19.6 Å². The van der Waals surface area contributed by atoms with Gasteiger partial charge in [0.25, 0.3) is 5.92 Å². The van der Waals surface area contributed by atoms with E-state index in [1.807, 2.05) is 6.07 Å². The number of carboxylic acids is 1. The first-order valence-corrected chi connectivity index (χ1v) is 10.2. The van der Waals surface area contributed by atoms with Crippen LogP contribution in [0.25, 0.3) is 27.5 Å². The number of alkyl halides is 2. The van der Waals surface area contributed by atoms with Gasteiger partial charge in [0.1, 0.15) is 12.2 Å². The van der Waals surface area contributed by atoms with Crippen LogP contribution in [-0.4, -0.2) is 25.8 Å². The van der Waals surface area contributed by atoms with Crippen LogP contribution in [0, 0.1) is 24.1 Å². The van der Waals surface area contributed by atoms with Gasteiger partial charge in [0, 0.05) is 34.0 Å². The summed E-state index contributed by atoms with van der Waals surface area (Å²) < 4.78 is 46.8. The number of hydrogen-bond donors (Lipinski definition) is 2. The van der Waals surface area contributed by atoms with Crippen molar-refractivity contribution in [1.29, 1.82) is 5.26 Å². The van der Waals surface area contributed by atoms with Crippen LogP contribution < -0.4 is 0 Å². The summed E-state index contributed by atoms with van der Waals surface area (Å²) in [5.74, 6) is -5.83. The van der Waals surface area contributed by atoms with E-state index in [4.69, 9.17) is 0 Å². The van der Waals surface area contributed by atoms with Crippen LogP contribution in [-0.2, 0) is 16.1 Å². The predicted octanol–water partition coefficient (Wildman–Crippen LogP) is 5.71. The largest absolute Gasteiger partial charge is 0.481 e. The molecule has 0 unspecified atom stereocenters. The van der Waals surface area contributed by atoms with Gasteiger partial charge in [-0.2, -0.15) is 10.4 Å². The first-order valence-electron chi connectivity index (χ1n) is 10.2. The van der Waals surface area contributed by atoms with Crippen molar-refractivity contribution in [1.82, 2.24) is 14.8 Å². The fourth-order valence-electron chi connectivity index (χ4n) is 4.33. The third-order valence-electron chi connectivity index (χ3n) is 5.83. The van der Waals surface area contributed by atoms with Crippen molar-refractivity contribution in [2.24, 2.45) is 0 Å². The lowest BCUT2D eigenvalue weighted by Crippen LogP contribution is -2.28. The number of aromatic nitrogens is 3. The van der Waals surface area contributed by atoms with E-state index in [1.165, 1.54) is 18.2 Å². The summed E-state index contributed by atoms with van der Waals surface area (Å²) >= 11 is 0. The summed E-state index contributed by atoms with van der Waals surface area (Å²) in [5.41, 5.74) is 0.208. The molecule has 170 valence electrons. The van der Waals surface area contributed by atoms with E-state index < -0.39 is 35.1 Å². The number of aryl methyl sites for hydroxylation is 1. The number of aliphatic carboxylic acids is 1. The molecule has 0 aliphatic rings. The van der Waals surface area contributed by atoms with Gasteiger partial charge in [-0.15, -0.1) is 0 Å². The minimum Gasteiger partial charge on any atom is -0.481 e. The number of H-pyrrole nitrogens is 1. The standard InChI is InChI=1S/C24H21F3N4O2/c1-13-8-15(4-5-17(13)25)31-19-9-14-12-29-30-18(14)10-16(19)21(24(26,27)11-20(32)33)22(31)23(2,3)6-7-28/h4-5,8-10,12H,6,11H2,1-3H3,(H,29,30)(H,32,33). The lowest BCUT2D eigenvalue weighted by atomic mass is 9.81. The van der Waals surface area contributed by atoms with E-state index in [1.54, 1.807) is 43.7 Å². The molecule has 0 saturated carbocycles. The zero-order valence-corrected chi connectivity index (χ0v) is 18.2. The fraction of sp³-hybridized carbons (Fsp3) is 0.292. The van der Waals surface area contributed by atoms with Crippen LogP contribution in [0.4, 0.5) is 13.2 Å². The predicted molar refractivity (Wildman–Crippen MR) is 117 cm³/mol. The van der Waals surface area contributed by atoms with Crippen molar-refractivity contribution >= 4 is 27.8 Å². The van der Waals surface area contributed by atoms with Crippen molar-refractivity contribution in [2.75, 3.05) is 0 Å². The molecule has 0 aliphatic carbocycles. The molecule has 6 nitrogen and oxygen atoms in total. The van der Waals surface area contributed by atoms with Gasteiger partial charge >= 0.3 is 5.97 Å². The summed E-state index contributed by atoms with van der Waals surface area (Å²) in [6.07, 6.45) is 0.0431. The Morgan fingerprint density at radius 2 is 2.00 bits per heavy atom. The van der Waals surface area contributed by atoms with E-state index in [0.717, 1.165) is 0 Å². The number of nitrogens with one attached hydrogen (secondary N) is 1. The lowest BCUT2D eigenvalue weighted by molar-refractivity contribution is -0.145. The Labute approximate surface area is 187 Å². The summed E-state index contributed by atoms with van der Waals surface area (Å²) in [6, 6.07) is 9.51. The van der Waals surface area contributed by atoms with Gasteiger partial charge in [0.15, 0.2) is 0 Å². The third-order valence-corrected chi connectivity index (χ3v) is 5.83. The number of benzene rings is 2. The molecule has 2 aromatic carbocycles. The number of hydrogen-bond acceptors (Lipinski definition) is 3. The maximum Gasteiger partial charge on any atom is 0.309 e. The lowest BCUT2D eigenvalue weighted by Gasteiger charge is -2.28. The average molecular weight is 454 g/mol. The number of rotatable bonds is 6. The zero-order chi connectivity index (χ0) is 24.1. The van der Waals surface area contributed by atoms with Crippen molar-refractivity contribution in [3.63, 3.8) is 0 Å². The smallest absolute Gasteiger partial charge is 0.309 e. The number of nitriles is 1. The SMILES string of the molecule is Cc1cc(-n2c(C(C)(C)CC#N)c(C(F)(F)CC(=O)O)c3cc4[nH]ncc4cc32)ccc1F. The molecule has 0 fully saturated rings. The molecule has 0 radical (unpaired) electrons. The molecule has 0 saturated heterocycles. The van der Waals surface area contributed by atoms with Gasteiger partial charge in [-0.1, -0.05) is 13.8 Å². The van der Waals surface area contributed by atoms with Gasteiger partial charge in [-0.25, -0.2) is 13.2 Å². The number of carbonyl (C=O) groups is 1. The van der Waals surface area contributed by atoms with Crippen LogP contribution in [0.3, 0.4) is 0 Å². The van der Waals surface area contributed by atoms with Crippen molar-refractivity contribution < 1.29 is 23.1 Å². The number of carboxylic acid groups (broad SMARTS) is 1. The van der Waals surface area contributed by atoms with Crippen LogP contribution in [0.15, 0.2) is 36.5 Å².